The highest BCUT2D eigenvalue weighted by molar-refractivity contribution is 7.11. The molecule has 1 aromatic rings. The molecule has 0 spiro atoms. The highest BCUT2D eigenvalue weighted by Crippen LogP contribution is 2.31. The van der Waals surface area contributed by atoms with Gasteiger partial charge in [-0.15, -0.1) is 11.3 Å². The summed E-state index contributed by atoms with van der Waals surface area (Å²) < 4.78 is 0. The molecule has 2 amide bonds. The van der Waals surface area contributed by atoms with Crippen LogP contribution in [0.2, 0.25) is 0 Å². The lowest BCUT2D eigenvalue weighted by Crippen LogP contribution is -2.39. The lowest BCUT2D eigenvalue weighted by Gasteiger charge is -2.24. The maximum atomic E-state index is 12.0. The second-order valence-electron chi connectivity index (χ2n) is 5.32. The van der Waals surface area contributed by atoms with Gasteiger partial charge in [0.25, 0.3) is 0 Å². The first-order chi connectivity index (χ1) is 9.73. The molecule has 0 bridgehead atoms. The largest absolute Gasteiger partial charge is 0.481 e. The summed E-state index contributed by atoms with van der Waals surface area (Å²) in [6.45, 7) is 8.21. The number of nitrogens with zero attached hydrogens (tertiary/aromatic N) is 2. The summed E-state index contributed by atoms with van der Waals surface area (Å²) in [5, 5.41) is 12.2. The molecular formula is C14H23N3O3S. The van der Waals surface area contributed by atoms with Gasteiger partial charge in [-0.05, 0) is 13.8 Å². The number of hydrogen-bond acceptors (Lipinski definition) is 4. The lowest BCUT2D eigenvalue weighted by atomic mass is 10.2. The Labute approximate surface area is 129 Å². The van der Waals surface area contributed by atoms with Crippen LogP contribution in [-0.4, -0.2) is 40.6 Å². The highest BCUT2D eigenvalue weighted by Gasteiger charge is 2.22. The highest BCUT2D eigenvalue weighted by atomic mass is 32.1. The Bertz CT molecular complexity index is 514. The Kier molecular flexibility index (Phi) is 6.14. The molecule has 7 heteroatoms. The molecule has 0 aromatic carbocycles. The summed E-state index contributed by atoms with van der Waals surface area (Å²) in [4.78, 5) is 29.6. The van der Waals surface area contributed by atoms with Crippen molar-refractivity contribution in [2.45, 2.75) is 46.1 Å². The Balaban J connectivity index is 2.71. The van der Waals surface area contributed by atoms with E-state index in [1.165, 1.54) is 0 Å². The average Bonchev–Trinajstić information content (AvgIpc) is 2.78. The van der Waals surface area contributed by atoms with Gasteiger partial charge in [0.2, 0.25) is 0 Å². The van der Waals surface area contributed by atoms with Crippen LogP contribution in [0.3, 0.4) is 0 Å². The molecule has 2 N–H and O–H groups in total. The Hall–Kier alpha value is -1.63. The van der Waals surface area contributed by atoms with E-state index in [0.29, 0.717) is 5.92 Å². The van der Waals surface area contributed by atoms with Gasteiger partial charge in [0.15, 0.2) is 0 Å². The van der Waals surface area contributed by atoms with E-state index in [2.05, 4.69) is 24.1 Å². The third-order valence-electron chi connectivity index (χ3n) is 3.24. The quantitative estimate of drug-likeness (QED) is 0.846. The van der Waals surface area contributed by atoms with Gasteiger partial charge in [0.05, 0.1) is 23.2 Å². The zero-order valence-corrected chi connectivity index (χ0v) is 14.0. The molecule has 0 fully saturated rings. The fraction of sp³-hybridized carbons (Fsp3) is 0.643. The fourth-order valence-electron chi connectivity index (χ4n) is 1.82. The number of carboxylic acid groups (broad SMARTS) is 1. The zero-order chi connectivity index (χ0) is 16.2. The number of aromatic nitrogens is 1. The summed E-state index contributed by atoms with van der Waals surface area (Å²) in [5.41, 5.74) is 0.946. The number of amides is 2. The van der Waals surface area contributed by atoms with Crippen LogP contribution in [0.1, 0.15) is 54.7 Å². The van der Waals surface area contributed by atoms with Crippen molar-refractivity contribution in [3.05, 3.63) is 15.6 Å². The van der Waals surface area contributed by atoms with E-state index >= 15 is 0 Å². The lowest BCUT2D eigenvalue weighted by molar-refractivity contribution is -0.136. The van der Waals surface area contributed by atoms with Crippen LogP contribution in [0.5, 0.6) is 0 Å². The van der Waals surface area contributed by atoms with Gasteiger partial charge in [0.1, 0.15) is 0 Å². The molecule has 6 nitrogen and oxygen atoms in total. The van der Waals surface area contributed by atoms with Crippen LogP contribution in [0.4, 0.5) is 4.79 Å². The minimum atomic E-state index is -0.925. The number of carbonyl (C=O) groups is 2. The van der Waals surface area contributed by atoms with E-state index in [9.17, 15) is 9.59 Å². The first-order valence-electron chi connectivity index (χ1n) is 6.93. The molecule has 0 radical (unpaired) electrons. The standard InChI is InChI=1S/C14H23N3O3S/c1-8(2)13-16-9(3)12(21-13)10(4)17(5)14(20)15-7-6-11(18)19/h8,10H,6-7H2,1-5H3,(H,15,20)(H,18,19). The summed E-state index contributed by atoms with van der Waals surface area (Å²) in [6, 6.07) is -0.373. The van der Waals surface area contributed by atoms with Crippen molar-refractivity contribution in [2.24, 2.45) is 0 Å². The Morgan fingerprint density at radius 1 is 1.38 bits per heavy atom. The molecule has 1 atom stereocenters. The van der Waals surface area contributed by atoms with Crippen LogP contribution in [-0.2, 0) is 4.79 Å². The maximum Gasteiger partial charge on any atom is 0.317 e. The van der Waals surface area contributed by atoms with E-state index in [0.717, 1.165) is 15.6 Å². The third-order valence-corrected chi connectivity index (χ3v) is 4.87. The van der Waals surface area contributed by atoms with Gasteiger partial charge < -0.3 is 15.3 Å². The van der Waals surface area contributed by atoms with Gasteiger partial charge in [-0.3, -0.25) is 4.79 Å². The first kappa shape index (κ1) is 17.4. The summed E-state index contributed by atoms with van der Waals surface area (Å²) in [5.74, 6) is -0.560. The summed E-state index contributed by atoms with van der Waals surface area (Å²) in [7, 11) is 1.70. The van der Waals surface area contributed by atoms with Gasteiger partial charge in [-0.2, -0.15) is 0 Å². The summed E-state index contributed by atoms with van der Waals surface area (Å²) in [6.07, 6.45) is -0.0783. The van der Waals surface area contributed by atoms with Crippen LogP contribution in [0.25, 0.3) is 0 Å². The first-order valence-corrected chi connectivity index (χ1v) is 7.75. The van der Waals surface area contributed by atoms with Gasteiger partial charge in [0, 0.05) is 24.4 Å². The normalized spacial score (nSPS) is 12.3. The average molecular weight is 313 g/mol. The van der Waals surface area contributed by atoms with E-state index in [4.69, 9.17) is 5.11 Å². The van der Waals surface area contributed by atoms with Crippen LogP contribution in [0, 0.1) is 6.92 Å². The van der Waals surface area contributed by atoms with Gasteiger partial charge in [-0.1, -0.05) is 13.8 Å². The SMILES string of the molecule is Cc1nc(C(C)C)sc1C(C)N(C)C(=O)NCCC(=O)O. The number of urea groups is 1. The second kappa shape index (κ2) is 7.40. The molecular weight excluding hydrogens is 290 g/mol. The predicted octanol–water partition coefficient (Wildman–Crippen LogP) is 2.75. The van der Waals surface area contributed by atoms with Crippen LogP contribution >= 0.6 is 11.3 Å². The second-order valence-corrected chi connectivity index (χ2v) is 6.38. The van der Waals surface area contributed by atoms with Crippen molar-refractivity contribution < 1.29 is 14.7 Å². The number of aliphatic carboxylic acids is 1. The number of nitrogens with one attached hydrogen (secondary N) is 1. The van der Waals surface area contributed by atoms with Crippen molar-refractivity contribution in [3.8, 4) is 0 Å². The Morgan fingerprint density at radius 2 is 2.00 bits per heavy atom. The number of hydrogen-bond donors (Lipinski definition) is 2. The number of carbonyl (C=O) groups excluding carboxylic acids is 1. The number of rotatable bonds is 6. The van der Waals surface area contributed by atoms with Crippen LogP contribution < -0.4 is 5.32 Å². The molecule has 1 aromatic heterocycles. The smallest absolute Gasteiger partial charge is 0.317 e. The molecule has 0 saturated carbocycles. The van der Waals surface area contributed by atoms with E-state index in [1.807, 2.05) is 13.8 Å². The predicted molar refractivity (Wildman–Crippen MR) is 82.8 cm³/mol. The number of thiazole rings is 1. The van der Waals surface area contributed by atoms with E-state index < -0.39 is 5.97 Å². The minimum Gasteiger partial charge on any atom is -0.481 e. The van der Waals surface area contributed by atoms with Crippen molar-refractivity contribution in [2.75, 3.05) is 13.6 Å². The minimum absolute atomic E-state index is 0.0783. The van der Waals surface area contributed by atoms with Crippen LogP contribution in [0.15, 0.2) is 0 Å². The molecule has 1 unspecified atom stereocenters. The maximum absolute atomic E-state index is 12.0. The van der Waals surface area contributed by atoms with E-state index in [1.54, 1.807) is 23.3 Å². The fourth-order valence-corrected chi connectivity index (χ4v) is 2.98. The zero-order valence-electron chi connectivity index (χ0n) is 13.1. The molecule has 1 heterocycles. The number of aryl methyl sites for hydroxylation is 1. The van der Waals surface area contributed by atoms with Crippen molar-refractivity contribution >= 4 is 23.3 Å². The number of carboxylic acids is 1. The van der Waals surface area contributed by atoms with Crippen molar-refractivity contribution in [3.63, 3.8) is 0 Å². The van der Waals surface area contributed by atoms with Crippen molar-refractivity contribution in [1.82, 2.24) is 15.2 Å². The molecule has 0 aliphatic rings. The van der Waals surface area contributed by atoms with Gasteiger partial charge in [-0.25, -0.2) is 9.78 Å². The summed E-state index contributed by atoms with van der Waals surface area (Å²) >= 11 is 1.62. The van der Waals surface area contributed by atoms with Crippen molar-refractivity contribution in [1.29, 1.82) is 0 Å². The molecule has 0 aliphatic carbocycles. The molecule has 21 heavy (non-hydrogen) atoms. The van der Waals surface area contributed by atoms with Gasteiger partial charge >= 0.3 is 12.0 Å². The molecule has 0 saturated heterocycles. The molecule has 118 valence electrons. The third kappa shape index (κ3) is 4.70. The Morgan fingerprint density at radius 3 is 2.48 bits per heavy atom. The topological polar surface area (TPSA) is 82.5 Å². The monoisotopic (exact) mass is 313 g/mol. The van der Waals surface area contributed by atoms with E-state index in [-0.39, 0.29) is 25.0 Å². The molecule has 1 rings (SSSR count). The molecule has 0 aliphatic heterocycles.